The van der Waals surface area contributed by atoms with Crippen LogP contribution in [0.1, 0.15) is 32.5 Å². The van der Waals surface area contributed by atoms with Crippen molar-refractivity contribution < 1.29 is 19.1 Å². The van der Waals surface area contributed by atoms with Gasteiger partial charge in [0, 0.05) is 10.4 Å². The lowest BCUT2D eigenvalue weighted by molar-refractivity contribution is -0.115. The van der Waals surface area contributed by atoms with Gasteiger partial charge in [0.25, 0.3) is 5.91 Å². The molecule has 1 aromatic heterocycles. The molecule has 0 fully saturated rings. The molecule has 0 aliphatic rings. The molecule has 1 aromatic carbocycles. The summed E-state index contributed by atoms with van der Waals surface area (Å²) in [5.41, 5.74) is 0.798. The lowest BCUT2D eigenvalue weighted by Crippen LogP contribution is -2.32. The topological polar surface area (TPSA) is 84.5 Å². The molecule has 0 aliphatic carbocycles. The molecule has 0 unspecified atom stereocenters. The number of carbonyl (C=O) groups excluding carboxylic acids is 3. The number of hydrogen-bond donors (Lipinski definition) is 2. The Morgan fingerprint density at radius 3 is 2.54 bits per heavy atom. The summed E-state index contributed by atoms with van der Waals surface area (Å²) >= 11 is 1.28. The van der Waals surface area contributed by atoms with E-state index in [0.29, 0.717) is 16.1 Å². The van der Waals surface area contributed by atoms with Gasteiger partial charge in [-0.2, -0.15) is 0 Å². The SMILES string of the molecule is CCOC(=O)c1cc(C)sc1NC(=O)CNC(=O)c1ccccc1. The monoisotopic (exact) mass is 346 g/mol. The van der Waals surface area contributed by atoms with Gasteiger partial charge >= 0.3 is 5.97 Å². The van der Waals surface area contributed by atoms with E-state index in [1.165, 1.54) is 11.3 Å². The maximum absolute atomic E-state index is 12.0. The van der Waals surface area contributed by atoms with Crippen molar-refractivity contribution in [1.29, 1.82) is 0 Å². The van der Waals surface area contributed by atoms with Crippen LogP contribution < -0.4 is 10.6 Å². The second-order valence-corrected chi connectivity index (χ2v) is 6.17. The van der Waals surface area contributed by atoms with E-state index in [9.17, 15) is 14.4 Å². The number of esters is 1. The van der Waals surface area contributed by atoms with Crippen LogP contribution >= 0.6 is 11.3 Å². The third-order valence-electron chi connectivity index (χ3n) is 3.05. The number of aryl methyl sites for hydroxylation is 1. The van der Waals surface area contributed by atoms with Crippen LogP contribution in [0.5, 0.6) is 0 Å². The van der Waals surface area contributed by atoms with Crippen molar-refractivity contribution in [2.45, 2.75) is 13.8 Å². The van der Waals surface area contributed by atoms with Crippen LogP contribution in [-0.2, 0) is 9.53 Å². The van der Waals surface area contributed by atoms with Gasteiger partial charge < -0.3 is 15.4 Å². The van der Waals surface area contributed by atoms with Gasteiger partial charge in [0.15, 0.2) is 0 Å². The Kier molecular flexibility index (Phi) is 6.08. The third-order valence-corrected chi connectivity index (χ3v) is 4.01. The minimum atomic E-state index is -0.481. The average molecular weight is 346 g/mol. The number of ether oxygens (including phenoxy) is 1. The second kappa shape index (κ2) is 8.26. The maximum Gasteiger partial charge on any atom is 0.341 e. The van der Waals surface area contributed by atoms with Gasteiger partial charge in [-0.05, 0) is 32.0 Å². The molecule has 0 radical (unpaired) electrons. The Morgan fingerprint density at radius 1 is 1.17 bits per heavy atom. The fraction of sp³-hybridized carbons (Fsp3) is 0.235. The predicted molar refractivity (Wildman–Crippen MR) is 92.4 cm³/mol. The molecule has 0 spiro atoms. The molecule has 2 aromatic rings. The van der Waals surface area contributed by atoms with Crippen LogP contribution in [0.25, 0.3) is 0 Å². The summed E-state index contributed by atoms with van der Waals surface area (Å²) in [6.07, 6.45) is 0. The summed E-state index contributed by atoms with van der Waals surface area (Å²) in [4.78, 5) is 36.7. The minimum absolute atomic E-state index is 0.188. The van der Waals surface area contributed by atoms with E-state index in [0.717, 1.165) is 4.88 Å². The summed E-state index contributed by atoms with van der Waals surface area (Å²) in [6, 6.07) is 10.3. The highest BCUT2D eigenvalue weighted by molar-refractivity contribution is 7.16. The molecular weight excluding hydrogens is 328 g/mol. The van der Waals surface area contributed by atoms with Crippen molar-refractivity contribution >= 4 is 34.1 Å². The van der Waals surface area contributed by atoms with E-state index in [1.807, 2.05) is 6.92 Å². The zero-order chi connectivity index (χ0) is 17.5. The first-order chi connectivity index (χ1) is 11.5. The maximum atomic E-state index is 12.0. The van der Waals surface area contributed by atoms with E-state index >= 15 is 0 Å². The lowest BCUT2D eigenvalue weighted by atomic mass is 10.2. The van der Waals surface area contributed by atoms with E-state index in [2.05, 4.69) is 10.6 Å². The quantitative estimate of drug-likeness (QED) is 0.788. The standard InChI is InChI=1S/C17H18N2O4S/c1-3-23-17(22)13-9-11(2)24-16(13)19-14(20)10-18-15(21)12-7-5-4-6-8-12/h4-9H,3,10H2,1-2H3,(H,18,21)(H,19,20). The number of benzene rings is 1. The van der Waals surface area contributed by atoms with E-state index in [4.69, 9.17) is 4.74 Å². The molecule has 0 saturated heterocycles. The Morgan fingerprint density at radius 2 is 1.88 bits per heavy atom. The van der Waals surface area contributed by atoms with Crippen molar-refractivity contribution in [2.75, 3.05) is 18.5 Å². The first kappa shape index (κ1) is 17.7. The van der Waals surface area contributed by atoms with E-state index in [-0.39, 0.29) is 19.1 Å². The zero-order valence-electron chi connectivity index (χ0n) is 13.4. The molecule has 24 heavy (non-hydrogen) atoms. The summed E-state index contributed by atoms with van der Waals surface area (Å²) in [5, 5.41) is 5.60. The number of hydrogen-bond acceptors (Lipinski definition) is 5. The van der Waals surface area contributed by atoms with Gasteiger partial charge in [-0.1, -0.05) is 18.2 Å². The number of nitrogens with one attached hydrogen (secondary N) is 2. The predicted octanol–water partition coefficient (Wildman–Crippen LogP) is 2.60. The number of anilines is 1. The molecule has 0 aliphatic heterocycles. The molecule has 2 N–H and O–H groups in total. The highest BCUT2D eigenvalue weighted by Crippen LogP contribution is 2.28. The van der Waals surface area contributed by atoms with Crippen molar-refractivity contribution in [3.05, 3.63) is 52.4 Å². The molecule has 2 amide bonds. The van der Waals surface area contributed by atoms with Gasteiger partial charge in [-0.3, -0.25) is 9.59 Å². The van der Waals surface area contributed by atoms with Crippen LogP contribution in [0.2, 0.25) is 0 Å². The van der Waals surface area contributed by atoms with Crippen LogP contribution in [0.3, 0.4) is 0 Å². The highest BCUT2D eigenvalue weighted by Gasteiger charge is 2.18. The Bertz CT molecular complexity index is 740. The fourth-order valence-electron chi connectivity index (χ4n) is 1.99. The molecule has 6 nitrogen and oxygen atoms in total. The van der Waals surface area contributed by atoms with Crippen LogP contribution in [0, 0.1) is 6.92 Å². The van der Waals surface area contributed by atoms with Crippen molar-refractivity contribution in [3.63, 3.8) is 0 Å². The van der Waals surface area contributed by atoms with Gasteiger partial charge in [-0.25, -0.2) is 4.79 Å². The normalized spacial score (nSPS) is 10.1. The largest absolute Gasteiger partial charge is 0.462 e. The average Bonchev–Trinajstić information content (AvgIpc) is 2.94. The molecule has 0 saturated carbocycles. The lowest BCUT2D eigenvalue weighted by Gasteiger charge is -2.07. The molecular formula is C17H18N2O4S. The number of rotatable bonds is 6. The van der Waals surface area contributed by atoms with Crippen LogP contribution in [0.4, 0.5) is 5.00 Å². The van der Waals surface area contributed by atoms with Crippen LogP contribution in [-0.4, -0.2) is 30.9 Å². The number of carbonyl (C=O) groups is 3. The minimum Gasteiger partial charge on any atom is -0.462 e. The zero-order valence-corrected chi connectivity index (χ0v) is 14.2. The third kappa shape index (κ3) is 4.66. The van der Waals surface area contributed by atoms with Gasteiger partial charge in [0.1, 0.15) is 5.00 Å². The molecule has 7 heteroatoms. The molecule has 0 bridgehead atoms. The summed E-state index contributed by atoms with van der Waals surface area (Å²) in [7, 11) is 0. The highest BCUT2D eigenvalue weighted by atomic mass is 32.1. The fourth-order valence-corrected chi connectivity index (χ4v) is 2.91. The van der Waals surface area contributed by atoms with Crippen molar-refractivity contribution in [3.8, 4) is 0 Å². The Balaban J connectivity index is 1.95. The van der Waals surface area contributed by atoms with Crippen molar-refractivity contribution in [1.82, 2.24) is 5.32 Å². The smallest absolute Gasteiger partial charge is 0.341 e. The van der Waals surface area contributed by atoms with E-state index < -0.39 is 11.9 Å². The molecule has 126 valence electrons. The molecule has 1 heterocycles. The van der Waals surface area contributed by atoms with E-state index in [1.54, 1.807) is 43.3 Å². The Hall–Kier alpha value is -2.67. The Labute approximate surface area is 143 Å². The number of amides is 2. The first-order valence-electron chi connectivity index (χ1n) is 7.42. The molecule has 2 rings (SSSR count). The first-order valence-corrected chi connectivity index (χ1v) is 8.23. The number of thiophene rings is 1. The van der Waals surface area contributed by atoms with Gasteiger partial charge in [-0.15, -0.1) is 11.3 Å². The summed E-state index contributed by atoms with van der Waals surface area (Å²) in [6.45, 7) is 3.62. The second-order valence-electron chi connectivity index (χ2n) is 4.92. The molecule has 0 atom stereocenters. The van der Waals surface area contributed by atoms with Crippen LogP contribution in [0.15, 0.2) is 36.4 Å². The van der Waals surface area contributed by atoms with Gasteiger partial charge in [0.2, 0.25) is 5.91 Å². The van der Waals surface area contributed by atoms with Gasteiger partial charge in [0.05, 0.1) is 18.7 Å². The van der Waals surface area contributed by atoms with Crippen molar-refractivity contribution in [2.24, 2.45) is 0 Å². The summed E-state index contributed by atoms with van der Waals surface area (Å²) in [5.74, 6) is -1.23. The summed E-state index contributed by atoms with van der Waals surface area (Å²) < 4.78 is 4.97.